The van der Waals surface area contributed by atoms with E-state index >= 15 is 0 Å². The van der Waals surface area contributed by atoms with Crippen molar-refractivity contribution in [2.24, 2.45) is 0 Å². The molecule has 0 radical (unpaired) electrons. The number of nitrogens with one attached hydrogen (secondary N) is 1. The highest BCUT2D eigenvalue weighted by atomic mass is 35.5. The standard InChI is InChI=1S/C16H13Cl2N5/c1-9-2-3-11(18)8-13(9)14-21-15(19)23-16(22-14)20-12-6-4-10(17)5-7-12/h2-8H,1H3,(H3,19,20,21,22,23). The van der Waals surface area contributed by atoms with E-state index in [-0.39, 0.29) is 5.95 Å². The number of aryl methyl sites for hydroxylation is 1. The number of halogens is 2. The van der Waals surface area contributed by atoms with Gasteiger partial charge < -0.3 is 11.1 Å². The molecule has 0 saturated carbocycles. The Hall–Kier alpha value is -2.37. The summed E-state index contributed by atoms with van der Waals surface area (Å²) >= 11 is 11.9. The summed E-state index contributed by atoms with van der Waals surface area (Å²) in [6, 6.07) is 12.7. The van der Waals surface area contributed by atoms with Crippen molar-refractivity contribution in [1.82, 2.24) is 15.0 Å². The molecule has 1 aromatic heterocycles. The van der Waals surface area contributed by atoms with E-state index in [4.69, 9.17) is 28.9 Å². The number of nitrogens with two attached hydrogens (primary N) is 1. The summed E-state index contributed by atoms with van der Waals surface area (Å²) in [7, 11) is 0. The predicted molar refractivity (Wildman–Crippen MR) is 94.2 cm³/mol. The Morgan fingerprint density at radius 3 is 2.35 bits per heavy atom. The Morgan fingerprint density at radius 2 is 1.61 bits per heavy atom. The topological polar surface area (TPSA) is 76.7 Å². The fraction of sp³-hybridized carbons (Fsp3) is 0.0625. The van der Waals surface area contributed by atoms with Crippen molar-refractivity contribution in [3.05, 3.63) is 58.1 Å². The second-order valence-corrected chi connectivity index (χ2v) is 5.80. The van der Waals surface area contributed by atoms with Crippen molar-refractivity contribution in [2.45, 2.75) is 6.92 Å². The highest BCUT2D eigenvalue weighted by molar-refractivity contribution is 6.31. The van der Waals surface area contributed by atoms with E-state index in [0.717, 1.165) is 16.8 Å². The number of nitrogens with zero attached hydrogens (tertiary/aromatic N) is 3. The lowest BCUT2D eigenvalue weighted by Crippen LogP contribution is -2.05. The normalized spacial score (nSPS) is 10.6. The minimum Gasteiger partial charge on any atom is -0.368 e. The maximum atomic E-state index is 6.06. The van der Waals surface area contributed by atoms with Crippen molar-refractivity contribution < 1.29 is 0 Å². The summed E-state index contributed by atoms with van der Waals surface area (Å²) < 4.78 is 0. The Morgan fingerprint density at radius 1 is 0.913 bits per heavy atom. The van der Waals surface area contributed by atoms with Crippen molar-refractivity contribution in [1.29, 1.82) is 0 Å². The van der Waals surface area contributed by atoms with Crippen molar-refractivity contribution >= 4 is 40.8 Å². The molecule has 0 saturated heterocycles. The fourth-order valence-electron chi connectivity index (χ4n) is 2.07. The van der Waals surface area contributed by atoms with Crippen LogP contribution < -0.4 is 11.1 Å². The van der Waals surface area contributed by atoms with Gasteiger partial charge in [-0.05, 0) is 48.9 Å². The fourth-order valence-corrected chi connectivity index (χ4v) is 2.36. The highest BCUT2D eigenvalue weighted by Crippen LogP contribution is 2.25. The van der Waals surface area contributed by atoms with Gasteiger partial charge in [-0.3, -0.25) is 0 Å². The van der Waals surface area contributed by atoms with Crippen LogP contribution in [-0.4, -0.2) is 15.0 Å². The van der Waals surface area contributed by atoms with Crippen LogP contribution in [0.5, 0.6) is 0 Å². The number of hydrogen-bond donors (Lipinski definition) is 2. The Kier molecular flexibility index (Phi) is 4.32. The van der Waals surface area contributed by atoms with Crippen LogP contribution in [0.15, 0.2) is 42.5 Å². The zero-order chi connectivity index (χ0) is 16.4. The van der Waals surface area contributed by atoms with E-state index in [2.05, 4.69) is 20.3 Å². The third-order valence-corrected chi connectivity index (χ3v) is 3.68. The molecule has 116 valence electrons. The quantitative estimate of drug-likeness (QED) is 0.731. The van der Waals surface area contributed by atoms with Gasteiger partial charge in [-0.15, -0.1) is 0 Å². The minimum atomic E-state index is 0.130. The summed E-state index contributed by atoms with van der Waals surface area (Å²) in [6.07, 6.45) is 0. The van der Waals surface area contributed by atoms with Gasteiger partial charge in [0.15, 0.2) is 5.82 Å². The zero-order valence-corrected chi connectivity index (χ0v) is 13.7. The van der Waals surface area contributed by atoms with Gasteiger partial charge >= 0.3 is 0 Å². The van der Waals surface area contributed by atoms with Gasteiger partial charge in [0.2, 0.25) is 11.9 Å². The van der Waals surface area contributed by atoms with Gasteiger partial charge in [0.05, 0.1) is 0 Å². The molecule has 23 heavy (non-hydrogen) atoms. The summed E-state index contributed by atoms with van der Waals surface area (Å²) in [4.78, 5) is 12.7. The number of rotatable bonds is 3. The van der Waals surface area contributed by atoms with Gasteiger partial charge in [0.1, 0.15) is 0 Å². The average molecular weight is 346 g/mol. The van der Waals surface area contributed by atoms with Gasteiger partial charge in [0, 0.05) is 21.3 Å². The van der Waals surface area contributed by atoms with Gasteiger partial charge in [-0.25, -0.2) is 0 Å². The summed E-state index contributed by atoms with van der Waals surface area (Å²) in [5.41, 5.74) is 8.41. The molecule has 7 heteroatoms. The molecular formula is C16H13Cl2N5. The van der Waals surface area contributed by atoms with Crippen molar-refractivity contribution in [2.75, 3.05) is 11.1 Å². The van der Waals surface area contributed by atoms with E-state index in [1.165, 1.54) is 0 Å². The van der Waals surface area contributed by atoms with Crippen LogP contribution in [0.2, 0.25) is 10.0 Å². The number of hydrogen-bond acceptors (Lipinski definition) is 5. The number of benzene rings is 2. The van der Waals surface area contributed by atoms with E-state index in [9.17, 15) is 0 Å². The molecule has 0 atom stereocenters. The molecule has 5 nitrogen and oxygen atoms in total. The lowest BCUT2D eigenvalue weighted by molar-refractivity contribution is 1.07. The SMILES string of the molecule is Cc1ccc(Cl)cc1-c1nc(N)nc(Nc2ccc(Cl)cc2)n1. The molecule has 1 heterocycles. The molecule has 0 aliphatic rings. The van der Waals surface area contributed by atoms with E-state index in [0.29, 0.717) is 21.8 Å². The summed E-state index contributed by atoms with van der Waals surface area (Å²) in [5.74, 6) is 0.953. The second-order valence-electron chi connectivity index (χ2n) is 4.93. The molecule has 0 fully saturated rings. The Bertz CT molecular complexity index is 850. The lowest BCUT2D eigenvalue weighted by Gasteiger charge is -2.09. The van der Waals surface area contributed by atoms with E-state index < -0.39 is 0 Å². The molecular weight excluding hydrogens is 333 g/mol. The summed E-state index contributed by atoms with van der Waals surface area (Å²) in [6.45, 7) is 1.96. The molecule has 0 unspecified atom stereocenters. The monoisotopic (exact) mass is 345 g/mol. The molecule has 3 rings (SSSR count). The van der Waals surface area contributed by atoms with Crippen molar-refractivity contribution in [3.63, 3.8) is 0 Å². The first-order chi connectivity index (χ1) is 11.0. The molecule has 0 amide bonds. The molecule has 0 spiro atoms. The third kappa shape index (κ3) is 3.70. The van der Waals surface area contributed by atoms with Crippen LogP contribution in [0.4, 0.5) is 17.6 Å². The Balaban J connectivity index is 1.99. The van der Waals surface area contributed by atoms with Gasteiger partial charge in [-0.2, -0.15) is 15.0 Å². The highest BCUT2D eigenvalue weighted by Gasteiger charge is 2.10. The number of aromatic nitrogens is 3. The lowest BCUT2D eigenvalue weighted by atomic mass is 10.1. The largest absolute Gasteiger partial charge is 0.368 e. The van der Waals surface area contributed by atoms with E-state index in [1.807, 2.05) is 31.2 Å². The van der Waals surface area contributed by atoms with Crippen LogP contribution in [0.1, 0.15) is 5.56 Å². The smallest absolute Gasteiger partial charge is 0.232 e. The summed E-state index contributed by atoms with van der Waals surface area (Å²) in [5, 5.41) is 4.34. The minimum absolute atomic E-state index is 0.130. The molecule has 0 aliphatic heterocycles. The van der Waals surface area contributed by atoms with Crippen LogP contribution in [0.3, 0.4) is 0 Å². The zero-order valence-electron chi connectivity index (χ0n) is 12.2. The van der Waals surface area contributed by atoms with Crippen LogP contribution in [0.25, 0.3) is 11.4 Å². The van der Waals surface area contributed by atoms with Crippen molar-refractivity contribution in [3.8, 4) is 11.4 Å². The first kappa shape index (κ1) is 15.5. The maximum absolute atomic E-state index is 6.06. The number of anilines is 3. The molecule has 3 N–H and O–H groups in total. The molecule has 0 aliphatic carbocycles. The molecule has 3 aromatic rings. The average Bonchev–Trinajstić information content (AvgIpc) is 2.51. The van der Waals surface area contributed by atoms with Gasteiger partial charge in [0.25, 0.3) is 0 Å². The number of nitrogen functional groups attached to an aromatic ring is 1. The third-order valence-electron chi connectivity index (χ3n) is 3.19. The second kappa shape index (κ2) is 6.40. The Labute approximate surface area is 143 Å². The van der Waals surface area contributed by atoms with Crippen LogP contribution in [-0.2, 0) is 0 Å². The predicted octanol–water partition coefficient (Wildman–Crippen LogP) is 4.48. The van der Waals surface area contributed by atoms with Crippen LogP contribution >= 0.6 is 23.2 Å². The van der Waals surface area contributed by atoms with Gasteiger partial charge in [-0.1, -0.05) is 29.3 Å². The van der Waals surface area contributed by atoms with E-state index in [1.54, 1.807) is 18.2 Å². The maximum Gasteiger partial charge on any atom is 0.232 e. The molecule has 2 aromatic carbocycles. The van der Waals surface area contributed by atoms with Crippen LogP contribution in [0, 0.1) is 6.92 Å². The first-order valence-corrected chi connectivity index (χ1v) is 7.57. The first-order valence-electron chi connectivity index (χ1n) is 6.82. The molecule has 0 bridgehead atoms.